The second kappa shape index (κ2) is 9.57. The van der Waals surface area contributed by atoms with Crippen molar-refractivity contribution in [2.75, 3.05) is 30.8 Å². The third kappa shape index (κ3) is 7.21. The summed E-state index contributed by atoms with van der Waals surface area (Å²) in [5.74, 6) is -0.958. The molecule has 0 bridgehead atoms. The number of hydrogen-bond donors (Lipinski definition) is 2. The van der Waals surface area contributed by atoms with Crippen molar-refractivity contribution in [2.24, 2.45) is 0 Å². The highest BCUT2D eigenvalue weighted by atomic mass is 35.5. The minimum Gasteiger partial charge on any atom is -0.324 e. The first-order valence-corrected chi connectivity index (χ1v) is 8.73. The van der Waals surface area contributed by atoms with Gasteiger partial charge in [0.2, 0.25) is 5.91 Å². The molecule has 0 saturated heterocycles. The van der Waals surface area contributed by atoms with Crippen LogP contribution in [0, 0.1) is 0 Å². The van der Waals surface area contributed by atoms with Crippen LogP contribution >= 0.6 is 11.6 Å². The molecule has 5 nitrogen and oxygen atoms in total. The molecule has 2 rings (SSSR count). The summed E-state index contributed by atoms with van der Waals surface area (Å²) in [4.78, 5) is 25.9. The molecular weight excluding hydrogens is 395 g/mol. The Morgan fingerprint density at radius 2 is 1.68 bits per heavy atom. The van der Waals surface area contributed by atoms with Gasteiger partial charge < -0.3 is 10.6 Å². The van der Waals surface area contributed by atoms with Gasteiger partial charge in [-0.15, -0.1) is 0 Å². The van der Waals surface area contributed by atoms with Crippen LogP contribution in [0.2, 0.25) is 5.02 Å². The smallest absolute Gasteiger partial charge is 0.324 e. The van der Waals surface area contributed by atoms with E-state index in [-0.39, 0.29) is 24.3 Å². The van der Waals surface area contributed by atoms with Gasteiger partial charge in [0.05, 0.1) is 24.2 Å². The van der Waals surface area contributed by atoms with E-state index in [1.165, 1.54) is 18.0 Å². The Morgan fingerprint density at radius 1 is 1.04 bits per heavy atom. The molecule has 0 heterocycles. The largest absolute Gasteiger partial charge is 0.390 e. The van der Waals surface area contributed by atoms with E-state index in [1.807, 2.05) is 0 Å². The summed E-state index contributed by atoms with van der Waals surface area (Å²) in [6.45, 7) is -0.529. The van der Waals surface area contributed by atoms with Crippen molar-refractivity contribution >= 4 is 34.8 Å². The topological polar surface area (TPSA) is 61.4 Å². The van der Waals surface area contributed by atoms with Crippen LogP contribution in [-0.4, -0.2) is 43.0 Å². The van der Waals surface area contributed by atoms with Crippen LogP contribution in [0.3, 0.4) is 0 Å². The number of nitrogens with one attached hydrogen (secondary N) is 2. The molecule has 0 aliphatic rings. The highest BCUT2D eigenvalue weighted by Gasteiger charge is 2.27. The number of rotatable bonds is 7. The molecule has 0 spiro atoms. The van der Waals surface area contributed by atoms with Gasteiger partial charge >= 0.3 is 6.18 Å². The highest BCUT2D eigenvalue weighted by molar-refractivity contribution is 6.30. The summed E-state index contributed by atoms with van der Waals surface area (Å²) in [7, 11) is 1.42. The molecule has 2 aromatic rings. The average Bonchev–Trinajstić information content (AvgIpc) is 2.61. The molecule has 0 aromatic heterocycles. The number of likely N-dealkylation sites (N-methyl/N-ethyl adjacent to an activating group) is 1. The van der Waals surface area contributed by atoms with Crippen molar-refractivity contribution < 1.29 is 22.8 Å². The van der Waals surface area contributed by atoms with Crippen molar-refractivity contribution in [3.63, 3.8) is 0 Å². The molecule has 0 unspecified atom stereocenters. The molecule has 0 fully saturated rings. The molecule has 0 aliphatic heterocycles. The molecule has 0 radical (unpaired) electrons. The number of carbonyl (C=O) groups excluding carboxylic acids is 2. The Morgan fingerprint density at radius 3 is 2.32 bits per heavy atom. The molecule has 2 N–H and O–H groups in total. The van der Waals surface area contributed by atoms with E-state index in [9.17, 15) is 22.8 Å². The fourth-order valence-electron chi connectivity index (χ4n) is 2.35. The van der Waals surface area contributed by atoms with E-state index in [0.29, 0.717) is 10.7 Å². The monoisotopic (exact) mass is 413 g/mol. The molecule has 0 aliphatic carbocycles. The van der Waals surface area contributed by atoms with Crippen molar-refractivity contribution in [3.05, 3.63) is 59.1 Å². The molecule has 28 heavy (non-hydrogen) atoms. The summed E-state index contributed by atoms with van der Waals surface area (Å²) in [5, 5.41) is 5.79. The first-order chi connectivity index (χ1) is 13.1. The Balaban J connectivity index is 1.99. The van der Waals surface area contributed by atoms with Crippen LogP contribution in [0.25, 0.3) is 0 Å². The molecule has 9 heteroatoms. The van der Waals surface area contributed by atoms with E-state index >= 15 is 0 Å². The molecule has 0 atom stereocenters. The quantitative estimate of drug-likeness (QED) is 0.706. The molecule has 2 amide bonds. The maximum Gasteiger partial charge on any atom is 0.390 e. The fourth-order valence-corrected chi connectivity index (χ4v) is 2.48. The molecular formula is C19H19ClF3N3O2. The number of para-hydroxylation sites is 1. The summed E-state index contributed by atoms with van der Waals surface area (Å²) < 4.78 is 36.8. The van der Waals surface area contributed by atoms with Gasteiger partial charge in [0, 0.05) is 17.3 Å². The van der Waals surface area contributed by atoms with Gasteiger partial charge in [0.15, 0.2) is 0 Å². The lowest BCUT2D eigenvalue weighted by Crippen LogP contribution is -2.33. The number of alkyl halides is 3. The summed E-state index contributed by atoms with van der Waals surface area (Å²) >= 11 is 5.81. The minimum atomic E-state index is -4.28. The number of benzene rings is 2. The molecule has 150 valence electrons. The second-order valence-corrected chi connectivity index (χ2v) is 6.59. The zero-order valence-electron chi connectivity index (χ0n) is 15.0. The number of anilines is 2. The van der Waals surface area contributed by atoms with Gasteiger partial charge in [-0.2, -0.15) is 13.2 Å². The number of hydrogen-bond acceptors (Lipinski definition) is 3. The second-order valence-electron chi connectivity index (χ2n) is 6.16. The normalized spacial score (nSPS) is 11.4. The van der Waals surface area contributed by atoms with Crippen molar-refractivity contribution in [2.45, 2.75) is 12.6 Å². The van der Waals surface area contributed by atoms with Gasteiger partial charge in [-0.05, 0) is 43.4 Å². The van der Waals surface area contributed by atoms with E-state index < -0.39 is 24.4 Å². The summed E-state index contributed by atoms with van der Waals surface area (Å²) in [6.07, 6.45) is -5.28. The Hall–Kier alpha value is -2.58. The standard InChI is InChI=1S/C19H19ClF3N3O2/c1-26(11-10-19(21,22)23)12-17(27)25-16-5-3-2-4-15(16)18(28)24-14-8-6-13(20)7-9-14/h2-9H,10-12H2,1H3,(H,24,28)(H,25,27). The van der Waals surface area contributed by atoms with Gasteiger partial charge in [-0.3, -0.25) is 14.5 Å². The SMILES string of the molecule is CN(CCC(F)(F)F)CC(=O)Nc1ccccc1C(=O)Nc1ccc(Cl)cc1. The first kappa shape index (κ1) is 21.7. The lowest BCUT2D eigenvalue weighted by Gasteiger charge is -2.18. The van der Waals surface area contributed by atoms with Crippen LogP contribution in [0.15, 0.2) is 48.5 Å². The Labute approximate surface area is 165 Å². The van der Waals surface area contributed by atoms with Gasteiger partial charge in [0.25, 0.3) is 5.91 Å². The highest BCUT2D eigenvalue weighted by Crippen LogP contribution is 2.20. The predicted molar refractivity (Wildman–Crippen MR) is 103 cm³/mol. The first-order valence-electron chi connectivity index (χ1n) is 8.35. The molecule has 2 aromatic carbocycles. The van der Waals surface area contributed by atoms with E-state index in [2.05, 4.69) is 10.6 Å². The maximum absolute atomic E-state index is 12.5. The van der Waals surface area contributed by atoms with E-state index in [4.69, 9.17) is 11.6 Å². The number of nitrogens with zero attached hydrogens (tertiary/aromatic N) is 1. The maximum atomic E-state index is 12.5. The minimum absolute atomic E-state index is 0.226. The summed E-state index contributed by atoms with van der Waals surface area (Å²) in [5.41, 5.74) is 1.02. The predicted octanol–water partition coefficient (Wildman–Crippen LogP) is 4.42. The molecule has 0 saturated carbocycles. The van der Waals surface area contributed by atoms with Crippen LogP contribution < -0.4 is 10.6 Å². The third-order valence-corrected chi connectivity index (χ3v) is 3.99. The zero-order valence-corrected chi connectivity index (χ0v) is 15.8. The van der Waals surface area contributed by atoms with Crippen LogP contribution in [0.4, 0.5) is 24.5 Å². The van der Waals surface area contributed by atoms with Gasteiger partial charge in [0.1, 0.15) is 0 Å². The zero-order chi connectivity index (χ0) is 20.7. The van der Waals surface area contributed by atoms with Crippen molar-refractivity contribution in [1.29, 1.82) is 0 Å². The number of carbonyl (C=O) groups is 2. The Bertz CT molecular complexity index is 826. The number of halogens is 4. The van der Waals surface area contributed by atoms with Crippen LogP contribution in [0.5, 0.6) is 0 Å². The summed E-state index contributed by atoms with van der Waals surface area (Å²) in [6, 6.07) is 12.9. The van der Waals surface area contributed by atoms with E-state index in [0.717, 1.165) is 0 Å². The average molecular weight is 414 g/mol. The van der Waals surface area contributed by atoms with Crippen LogP contribution in [-0.2, 0) is 4.79 Å². The van der Waals surface area contributed by atoms with Crippen molar-refractivity contribution in [1.82, 2.24) is 4.90 Å². The fraction of sp³-hybridized carbons (Fsp3) is 0.263. The third-order valence-electron chi connectivity index (χ3n) is 3.74. The van der Waals surface area contributed by atoms with Crippen molar-refractivity contribution in [3.8, 4) is 0 Å². The lowest BCUT2D eigenvalue weighted by atomic mass is 10.1. The van der Waals surface area contributed by atoms with Gasteiger partial charge in [-0.25, -0.2) is 0 Å². The van der Waals surface area contributed by atoms with E-state index in [1.54, 1.807) is 42.5 Å². The van der Waals surface area contributed by atoms with Crippen LogP contribution in [0.1, 0.15) is 16.8 Å². The Kier molecular flexibility index (Phi) is 7.42. The van der Waals surface area contributed by atoms with Gasteiger partial charge in [-0.1, -0.05) is 23.7 Å². The lowest BCUT2D eigenvalue weighted by molar-refractivity contribution is -0.138. The number of amides is 2.